The van der Waals surface area contributed by atoms with E-state index >= 15 is 0 Å². The van der Waals surface area contributed by atoms with E-state index in [0.717, 1.165) is 6.26 Å². The highest BCUT2D eigenvalue weighted by Crippen LogP contribution is 2.26. The molecule has 112 valence electrons. The molecule has 2 aromatic rings. The number of anilines is 1. The molecule has 2 rings (SSSR count). The van der Waals surface area contributed by atoms with Crippen LogP contribution in [0.3, 0.4) is 0 Å². The van der Waals surface area contributed by atoms with Crippen LogP contribution in [-0.4, -0.2) is 14.7 Å². The predicted octanol–water partition coefficient (Wildman–Crippen LogP) is 4.15. The van der Waals surface area contributed by atoms with Crippen molar-refractivity contribution in [2.75, 3.05) is 11.6 Å². The molecule has 0 amide bonds. The van der Waals surface area contributed by atoms with Crippen LogP contribution in [0.15, 0.2) is 41.3 Å². The molecule has 3 nitrogen and oxygen atoms in total. The van der Waals surface area contributed by atoms with Crippen molar-refractivity contribution in [3.05, 3.63) is 57.8 Å². The van der Waals surface area contributed by atoms with Crippen LogP contribution < -0.4 is 5.32 Å². The van der Waals surface area contributed by atoms with Crippen molar-refractivity contribution >= 4 is 38.7 Å². The molecule has 0 aliphatic heterocycles. The molecule has 0 heterocycles. The summed E-state index contributed by atoms with van der Waals surface area (Å²) in [5.41, 5.74) is 1.15. The first kappa shape index (κ1) is 16.1. The molecule has 0 fully saturated rings. The normalized spacial score (nSPS) is 11.4. The second-order valence-electron chi connectivity index (χ2n) is 4.50. The average molecular weight is 348 g/mol. The highest BCUT2D eigenvalue weighted by molar-refractivity contribution is 7.90. The van der Waals surface area contributed by atoms with Crippen molar-refractivity contribution in [2.45, 2.75) is 11.4 Å². The Morgan fingerprint density at radius 1 is 1.10 bits per heavy atom. The van der Waals surface area contributed by atoms with E-state index in [4.69, 9.17) is 23.2 Å². The van der Waals surface area contributed by atoms with Crippen molar-refractivity contribution in [1.82, 2.24) is 0 Å². The standard InChI is InChI=1S/C14H12Cl2FNO2S/c1-21(19,20)11-4-5-12(15)14(7-11)18-8-9-2-3-10(17)6-13(9)16/h2-7,18H,8H2,1H3. The van der Waals surface area contributed by atoms with Gasteiger partial charge in [-0.3, -0.25) is 0 Å². The minimum Gasteiger partial charge on any atom is -0.380 e. The molecule has 0 bridgehead atoms. The van der Waals surface area contributed by atoms with Gasteiger partial charge in [0, 0.05) is 17.8 Å². The van der Waals surface area contributed by atoms with Crippen molar-refractivity contribution in [3.8, 4) is 0 Å². The zero-order valence-corrected chi connectivity index (χ0v) is 13.4. The summed E-state index contributed by atoms with van der Waals surface area (Å²) in [6.45, 7) is 0.298. The lowest BCUT2D eigenvalue weighted by Gasteiger charge is -2.11. The third-order valence-electron chi connectivity index (χ3n) is 2.85. The highest BCUT2D eigenvalue weighted by atomic mass is 35.5. The van der Waals surface area contributed by atoms with Crippen LogP contribution in [0.2, 0.25) is 10.0 Å². The number of halogens is 3. The zero-order chi connectivity index (χ0) is 15.6. The van der Waals surface area contributed by atoms with Gasteiger partial charge in [0.05, 0.1) is 15.6 Å². The van der Waals surface area contributed by atoms with Crippen molar-refractivity contribution in [3.63, 3.8) is 0 Å². The summed E-state index contributed by atoms with van der Waals surface area (Å²) in [4.78, 5) is 0.166. The molecule has 0 saturated heterocycles. The maximum Gasteiger partial charge on any atom is 0.175 e. The molecule has 0 atom stereocenters. The molecule has 0 unspecified atom stereocenters. The minimum atomic E-state index is -3.31. The average Bonchev–Trinajstić information content (AvgIpc) is 2.38. The van der Waals surface area contributed by atoms with Crippen LogP contribution in [0.4, 0.5) is 10.1 Å². The van der Waals surface area contributed by atoms with Gasteiger partial charge in [0.15, 0.2) is 9.84 Å². The van der Waals surface area contributed by atoms with Gasteiger partial charge in [0.2, 0.25) is 0 Å². The largest absolute Gasteiger partial charge is 0.380 e. The van der Waals surface area contributed by atoms with E-state index in [-0.39, 0.29) is 9.92 Å². The van der Waals surface area contributed by atoms with Crippen LogP contribution in [-0.2, 0) is 16.4 Å². The summed E-state index contributed by atoms with van der Waals surface area (Å²) in [6.07, 6.45) is 1.12. The van der Waals surface area contributed by atoms with Crippen LogP contribution in [0.5, 0.6) is 0 Å². The molecule has 0 aliphatic carbocycles. The second-order valence-corrected chi connectivity index (χ2v) is 7.33. The van der Waals surface area contributed by atoms with E-state index in [0.29, 0.717) is 22.8 Å². The van der Waals surface area contributed by atoms with Crippen molar-refractivity contribution in [1.29, 1.82) is 0 Å². The molecule has 0 aliphatic rings. The van der Waals surface area contributed by atoms with Crippen LogP contribution >= 0.6 is 23.2 Å². The van der Waals surface area contributed by atoms with E-state index < -0.39 is 15.7 Å². The first-order valence-electron chi connectivity index (χ1n) is 5.95. The molecule has 0 aromatic heterocycles. The number of sulfone groups is 1. The van der Waals surface area contributed by atoms with Crippen LogP contribution in [0.1, 0.15) is 5.56 Å². The Morgan fingerprint density at radius 2 is 1.81 bits per heavy atom. The molecule has 2 aromatic carbocycles. The fraction of sp³-hybridized carbons (Fsp3) is 0.143. The van der Waals surface area contributed by atoms with Gasteiger partial charge in [0.25, 0.3) is 0 Å². The maximum absolute atomic E-state index is 13.0. The Balaban J connectivity index is 2.23. The van der Waals surface area contributed by atoms with E-state index in [1.54, 1.807) is 6.07 Å². The molecule has 0 radical (unpaired) electrons. The zero-order valence-electron chi connectivity index (χ0n) is 11.0. The molecule has 21 heavy (non-hydrogen) atoms. The van der Waals surface area contributed by atoms with E-state index in [9.17, 15) is 12.8 Å². The highest BCUT2D eigenvalue weighted by Gasteiger charge is 2.10. The monoisotopic (exact) mass is 347 g/mol. The third kappa shape index (κ3) is 4.09. The Morgan fingerprint density at radius 3 is 2.43 bits per heavy atom. The Bertz CT molecular complexity index is 779. The molecule has 7 heteroatoms. The number of nitrogens with one attached hydrogen (secondary N) is 1. The van der Waals surface area contributed by atoms with Gasteiger partial charge in [-0.1, -0.05) is 29.3 Å². The quantitative estimate of drug-likeness (QED) is 0.903. The van der Waals surface area contributed by atoms with Crippen LogP contribution in [0.25, 0.3) is 0 Å². The minimum absolute atomic E-state index is 0.166. The lowest BCUT2D eigenvalue weighted by atomic mass is 10.2. The van der Waals surface area contributed by atoms with Crippen molar-refractivity contribution in [2.24, 2.45) is 0 Å². The molecular formula is C14H12Cl2FNO2S. The van der Waals surface area contributed by atoms with Gasteiger partial charge in [-0.2, -0.15) is 0 Å². The number of rotatable bonds is 4. The van der Waals surface area contributed by atoms with Gasteiger partial charge in [-0.15, -0.1) is 0 Å². The van der Waals surface area contributed by atoms with Gasteiger partial charge >= 0.3 is 0 Å². The second kappa shape index (κ2) is 6.22. The van der Waals surface area contributed by atoms with Crippen LogP contribution in [0, 0.1) is 5.82 Å². The topological polar surface area (TPSA) is 46.2 Å². The Kier molecular flexibility index (Phi) is 4.76. The first-order chi connectivity index (χ1) is 9.77. The van der Waals surface area contributed by atoms with Gasteiger partial charge in [0.1, 0.15) is 5.82 Å². The molecule has 1 N–H and O–H groups in total. The van der Waals surface area contributed by atoms with E-state index in [1.807, 2.05) is 0 Å². The predicted molar refractivity (Wildman–Crippen MR) is 83.3 cm³/mol. The first-order valence-corrected chi connectivity index (χ1v) is 8.59. The van der Waals surface area contributed by atoms with E-state index in [1.165, 1.54) is 30.3 Å². The molecule has 0 spiro atoms. The Hall–Kier alpha value is -1.30. The lowest BCUT2D eigenvalue weighted by molar-refractivity contribution is 0.602. The summed E-state index contributed by atoms with van der Waals surface area (Å²) in [5, 5.41) is 3.68. The Labute approximate surface area is 132 Å². The maximum atomic E-state index is 13.0. The fourth-order valence-corrected chi connectivity index (χ4v) is 2.79. The summed E-state index contributed by atoms with van der Waals surface area (Å²) < 4.78 is 36.0. The molecule has 0 saturated carbocycles. The number of hydrogen-bond donors (Lipinski definition) is 1. The third-order valence-corrected chi connectivity index (χ3v) is 4.64. The SMILES string of the molecule is CS(=O)(=O)c1ccc(Cl)c(NCc2ccc(F)cc2Cl)c1. The lowest BCUT2D eigenvalue weighted by Crippen LogP contribution is -2.03. The summed E-state index contributed by atoms with van der Waals surface area (Å²) in [7, 11) is -3.31. The molecular weight excluding hydrogens is 336 g/mol. The summed E-state index contributed by atoms with van der Waals surface area (Å²) >= 11 is 12.0. The fourth-order valence-electron chi connectivity index (χ4n) is 1.73. The van der Waals surface area contributed by atoms with E-state index in [2.05, 4.69) is 5.32 Å². The van der Waals surface area contributed by atoms with Gasteiger partial charge < -0.3 is 5.32 Å². The number of hydrogen-bond acceptors (Lipinski definition) is 3. The smallest absolute Gasteiger partial charge is 0.175 e. The van der Waals surface area contributed by atoms with Gasteiger partial charge in [-0.05, 0) is 35.9 Å². The summed E-state index contributed by atoms with van der Waals surface area (Å²) in [6, 6.07) is 8.47. The van der Waals surface area contributed by atoms with Gasteiger partial charge in [-0.25, -0.2) is 12.8 Å². The summed E-state index contributed by atoms with van der Waals surface area (Å²) in [5.74, 6) is -0.416. The van der Waals surface area contributed by atoms with Crippen molar-refractivity contribution < 1.29 is 12.8 Å². The number of benzene rings is 2.